The van der Waals surface area contributed by atoms with E-state index >= 15 is 0 Å². The molecular weight excluding hydrogens is 219 g/mol. The van der Waals surface area contributed by atoms with Crippen molar-refractivity contribution < 1.29 is 13.2 Å². The van der Waals surface area contributed by atoms with Gasteiger partial charge in [-0.2, -0.15) is 13.2 Å². The minimum atomic E-state index is -4.34. The quantitative estimate of drug-likeness (QED) is 0.618. The number of hydrogen-bond acceptors (Lipinski definition) is 3. The third-order valence-electron chi connectivity index (χ3n) is 2.71. The van der Waals surface area contributed by atoms with E-state index in [1.807, 2.05) is 0 Å². The monoisotopic (exact) mass is 231 g/mol. The van der Waals surface area contributed by atoms with E-state index in [9.17, 15) is 13.2 Å². The van der Waals surface area contributed by atoms with Crippen molar-refractivity contribution in [1.82, 2.24) is 10.4 Å². The summed E-state index contributed by atoms with van der Waals surface area (Å²) in [6.07, 6.45) is -1.41. The van der Waals surface area contributed by atoms with Crippen molar-refractivity contribution in [3.8, 4) is 0 Å². The molecule has 1 unspecified atom stereocenters. The van der Waals surface area contributed by atoms with E-state index in [-0.39, 0.29) is 6.04 Å². The zero-order chi connectivity index (χ0) is 11.8. The van der Waals surface area contributed by atoms with E-state index in [0.29, 0.717) is 11.6 Å². The summed E-state index contributed by atoms with van der Waals surface area (Å²) in [4.78, 5) is 3.82. The fourth-order valence-corrected chi connectivity index (χ4v) is 1.65. The lowest BCUT2D eigenvalue weighted by Gasteiger charge is -2.15. The minimum Gasteiger partial charge on any atom is -0.271 e. The third kappa shape index (κ3) is 2.33. The zero-order valence-corrected chi connectivity index (χ0v) is 8.46. The molecule has 1 heterocycles. The van der Waals surface area contributed by atoms with Crippen LogP contribution in [0.5, 0.6) is 0 Å². The Bertz CT molecular complexity index is 357. The molecule has 0 spiro atoms. The second-order valence-electron chi connectivity index (χ2n) is 3.95. The lowest BCUT2D eigenvalue weighted by atomic mass is 10.1. The van der Waals surface area contributed by atoms with Crippen LogP contribution in [-0.4, -0.2) is 4.98 Å². The van der Waals surface area contributed by atoms with Crippen LogP contribution in [0.1, 0.15) is 30.1 Å². The van der Waals surface area contributed by atoms with Crippen molar-refractivity contribution in [2.75, 3.05) is 0 Å². The predicted octanol–water partition coefficient (Wildman–Crippen LogP) is 2.01. The van der Waals surface area contributed by atoms with Gasteiger partial charge in [-0.05, 0) is 30.9 Å². The Kier molecular flexibility index (Phi) is 2.86. The number of hydrazine groups is 1. The number of rotatable bonds is 3. The first-order valence-corrected chi connectivity index (χ1v) is 5.01. The number of hydrogen-bond donors (Lipinski definition) is 2. The fraction of sp³-hybridized carbons (Fsp3) is 0.500. The second-order valence-corrected chi connectivity index (χ2v) is 3.95. The average Bonchev–Trinajstić information content (AvgIpc) is 3.03. The van der Waals surface area contributed by atoms with Crippen LogP contribution in [-0.2, 0) is 6.18 Å². The Morgan fingerprint density at radius 1 is 1.38 bits per heavy atom. The van der Waals surface area contributed by atoms with Crippen LogP contribution in [0.15, 0.2) is 18.3 Å². The highest BCUT2D eigenvalue weighted by Gasteiger charge is 2.34. The Labute approximate surface area is 90.8 Å². The molecule has 0 bridgehead atoms. The van der Waals surface area contributed by atoms with Crippen LogP contribution in [0.25, 0.3) is 0 Å². The van der Waals surface area contributed by atoms with Gasteiger partial charge in [0.15, 0.2) is 0 Å². The molecular formula is C10H12F3N3. The number of nitrogens with two attached hydrogens (primary N) is 1. The Morgan fingerprint density at radius 3 is 2.44 bits per heavy atom. The molecule has 3 nitrogen and oxygen atoms in total. The van der Waals surface area contributed by atoms with Gasteiger partial charge >= 0.3 is 6.18 Å². The van der Waals surface area contributed by atoms with Crippen LogP contribution in [0, 0.1) is 5.92 Å². The van der Waals surface area contributed by atoms with Gasteiger partial charge in [0.25, 0.3) is 0 Å². The molecule has 1 fully saturated rings. The highest BCUT2D eigenvalue weighted by atomic mass is 19.4. The smallest absolute Gasteiger partial charge is 0.271 e. The molecule has 3 N–H and O–H groups in total. The maximum Gasteiger partial charge on any atom is 0.417 e. The normalized spacial score (nSPS) is 18.5. The van der Waals surface area contributed by atoms with E-state index in [4.69, 9.17) is 5.84 Å². The fourth-order valence-electron chi connectivity index (χ4n) is 1.65. The van der Waals surface area contributed by atoms with Crippen LogP contribution in [0.2, 0.25) is 0 Å². The second kappa shape index (κ2) is 4.03. The largest absolute Gasteiger partial charge is 0.417 e. The number of halogens is 3. The topological polar surface area (TPSA) is 50.9 Å². The Balaban J connectivity index is 2.18. The summed E-state index contributed by atoms with van der Waals surface area (Å²) in [6, 6.07) is 2.28. The summed E-state index contributed by atoms with van der Waals surface area (Å²) in [6.45, 7) is 0. The summed E-state index contributed by atoms with van der Waals surface area (Å²) >= 11 is 0. The summed E-state index contributed by atoms with van der Waals surface area (Å²) < 4.78 is 36.9. The SMILES string of the molecule is NNC(c1ccc(C(F)(F)F)cn1)C1CC1. The van der Waals surface area contributed by atoms with Gasteiger partial charge in [-0.3, -0.25) is 16.3 Å². The first-order valence-electron chi connectivity index (χ1n) is 5.01. The van der Waals surface area contributed by atoms with Crippen molar-refractivity contribution in [3.05, 3.63) is 29.6 Å². The Hall–Kier alpha value is -1.14. The van der Waals surface area contributed by atoms with Crippen LogP contribution < -0.4 is 11.3 Å². The summed E-state index contributed by atoms with van der Waals surface area (Å²) in [5, 5.41) is 0. The van der Waals surface area contributed by atoms with Crippen LogP contribution in [0.4, 0.5) is 13.2 Å². The van der Waals surface area contributed by atoms with Gasteiger partial charge in [0.1, 0.15) is 0 Å². The molecule has 0 aromatic carbocycles. The summed E-state index contributed by atoms with van der Waals surface area (Å²) in [7, 11) is 0. The molecule has 1 aromatic heterocycles. The first-order chi connectivity index (χ1) is 7.52. The lowest BCUT2D eigenvalue weighted by Crippen LogP contribution is -2.30. The zero-order valence-electron chi connectivity index (χ0n) is 8.46. The molecule has 1 atom stereocenters. The molecule has 2 rings (SSSR count). The molecule has 1 aliphatic rings. The summed E-state index contributed by atoms with van der Waals surface area (Å²) in [5.41, 5.74) is 2.43. The number of nitrogens with one attached hydrogen (secondary N) is 1. The van der Waals surface area contributed by atoms with Crippen molar-refractivity contribution in [1.29, 1.82) is 0 Å². The van der Waals surface area contributed by atoms with Crippen molar-refractivity contribution in [3.63, 3.8) is 0 Å². The van der Waals surface area contributed by atoms with Crippen LogP contribution in [0.3, 0.4) is 0 Å². The van der Waals surface area contributed by atoms with Crippen molar-refractivity contribution in [2.24, 2.45) is 11.8 Å². The van der Waals surface area contributed by atoms with Gasteiger partial charge < -0.3 is 0 Å². The number of aromatic nitrogens is 1. The molecule has 16 heavy (non-hydrogen) atoms. The summed E-state index contributed by atoms with van der Waals surface area (Å²) in [5.74, 6) is 5.75. The van der Waals surface area contributed by atoms with E-state index in [0.717, 1.165) is 25.1 Å². The number of nitrogens with zero attached hydrogens (tertiary/aromatic N) is 1. The van der Waals surface area contributed by atoms with E-state index < -0.39 is 11.7 Å². The first kappa shape index (κ1) is 11.3. The molecule has 1 saturated carbocycles. The highest BCUT2D eigenvalue weighted by Crippen LogP contribution is 2.40. The van der Waals surface area contributed by atoms with E-state index in [1.165, 1.54) is 6.07 Å². The molecule has 0 amide bonds. The molecule has 1 aliphatic carbocycles. The molecule has 6 heteroatoms. The molecule has 0 aliphatic heterocycles. The standard InChI is InChI=1S/C10H12F3N3/c11-10(12,13)7-3-4-8(15-5-7)9(16-14)6-1-2-6/h3-6,9,16H,1-2,14H2. The van der Waals surface area contributed by atoms with E-state index in [2.05, 4.69) is 10.4 Å². The average molecular weight is 231 g/mol. The van der Waals surface area contributed by atoms with Crippen molar-refractivity contribution >= 4 is 0 Å². The molecule has 1 aromatic rings. The van der Waals surface area contributed by atoms with Gasteiger partial charge in [-0.1, -0.05) is 0 Å². The third-order valence-corrected chi connectivity index (χ3v) is 2.71. The molecule has 88 valence electrons. The molecule has 0 saturated heterocycles. The van der Waals surface area contributed by atoms with Crippen LogP contribution >= 0.6 is 0 Å². The van der Waals surface area contributed by atoms with Crippen molar-refractivity contribution in [2.45, 2.75) is 25.1 Å². The number of alkyl halides is 3. The maximum atomic E-state index is 12.3. The maximum absolute atomic E-state index is 12.3. The van der Waals surface area contributed by atoms with Gasteiger partial charge in [0.05, 0.1) is 17.3 Å². The van der Waals surface area contributed by atoms with Gasteiger partial charge in [0, 0.05) is 6.20 Å². The molecule has 0 radical (unpaired) electrons. The minimum absolute atomic E-state index is 0.137. The lowest BCUT2D eigenvalue weighted by molar-refractivity contribution is -0.137. The van der Waals surface area contributed by atoms with Gasteiger partial charge in [0.2, 0.25) is 0 Å². The van der Waals surface area contributed by atoms with E-state index in [1.54, 1.807) is 0 Å². The van der Waals surface area contributed by atoms with Gasteiger partial charge in [-0.25, -0.2) is 0 Å². The predicted molar refractivity (Wildman–Crippen MR) is 52.0 cm³/mol. The highest BCUT2D eigenvalue weighted by molar-refractivity contribution is 5.20. The van der Waals surface area contributed by atoms with Gasteiger partial charge in [-0.15, -0.1) is 0 Å². The number of pyridine rings is 1. The Morgan fingerprint density at radius 2 is 2.06 bits per heavy atom.